The first-order valence-corrected chi connectivity index (χ1v) is 13.3. The van der Waals surface area contributed by atoms with Crippen LogP contribution in [0.5, 0.6) is 0 Å². The summed E-state index contributed by atoms with van der Waals surface area (Å²) < 4.78 is 13.7. The number of nitrogens with zero attached hydrogens (tertiary/aromatic N) is 3. The highest BCUT2D eigenvalue weighted by molar-refractivity contribution is 6.11. The van der Waals surface area contributed by atoms with Crippen LogP contribution < -0.4 is 0 Å². The minimum absolute atomic E-state index is 0.0330. The molecule has 1 saturated heterocycles. The first-order valence-electron chi connectivity index (χ1n) is 13.3. The van der Waals surface area contributed by atoms with Crippen molar-refractivity contribution in [1.29, 1.82) is 0 Å². The first kappa shape index (κ1) is 24.4. The van der Waals surface area contributed by atoms with Crippen molar-refractivity contribution in [3.63, 3.8) is 0 Å². The molecule has 5 aromatic rings. The molecule has 2 aromatic heterocycles. The first-order chi connectivity index (χ1) is 18.3. The molecule has 1 fully saturated rings. The van der Waals surface area contributed by atoms with Gasteiger partial charge in [-0.2, -0.15) is 0 Å². The molecule has 194 valence electrons. The maximum absolute atomic E-state index is 13.5. The molecule has 3 aromatic carbocycles. The van der Waals surface area contributed by atoms with E-state index in [0.29, 0.717) is 18.7 Å². The van der Waals surface area contributed by atoms with Crippen LogP contribution in [0.2, 0.25) is 0 Å². The number of ether oxygens (including phenoxy) is 1. The van der Waals surface area contributed by atoms with Gasteiger partial charge in [0.2, 0.25) is 0 Å². The van der Waals surface area contributed by atoms with E-state index in [4.69, 9.17) is 9.26 Å². The monoisotopic (exact) mass is 507 g/mol. The summed E-state index contributed by atoms with van der Waals surface area (Å²) in [6, 6.07) is 21.3. The van der Waals surface area contributed by atoms with Crippen LogP contribution in [0, 0.1) is 20.8 Å². The van der Waals surface area contributed by atoms with E-state index in [9.17, 15) is 4.79 Å². The Labute approximate surface area is 222 Å². The third-order valence-corrected chi connectivity index (χ3v) is 7.60. The second-order valence-corrected chi connectivity index (χ2v) is 10.7. The summed E-state index contributed by atoms with van der Waals surface area (Å²) in [6.07, 6.45) is 0.0659. The molecule has 6 nitrogen and oxygen atoms in total. The number of aryl methyl sites for hydroxylation is 3. The van der Waals surface area contributed by atoms with Crippen molar-refractivity contribution in [1.82, 2.24) is 14.6 Å². The van der Waals surface area contributed by atoms with E-state index < -0.39 is 0 Å². The van der Waals surface area contributed by atoms with Crippen LogP contribution in [0.25, 0.3) is 32.9 Å². The van der Waals surface area contributed by atoms with Crippen molar-refractivity contribution in [3.8, 4) is 11.1 Å². The molecule has 6 rings (SSSR count). The van der Waals surface area contributed by atoms with Crippen molar-refractivity contribution < 1.29 is 14.1 Å². The largest absolute Gasteiger partial charge is 0.372 e. The topological polar surface area (TPSA) is 60.5 Å². The molecule has 1 amide bonds. The molecule has 1 aliphatic heterocycles. The van der Waals surface area contributed by atoms with Gasteiger partial charge in [-0.25, -0.2) is 0 Å². The van der Waals surface area contributed by atoms with Gasteiger partial charge in [0.05, 0.1) is 23.4 Å². The number of rotatable bonds is 4. The standard InChI is InChI=1S/C32H33N3O3/c1-19-6-8-24(9-7-19)18-35-29-13-11-26(32(36)34-16-20(2)37-21(3)17-34)14-28(29)27-12-10-25(15-30(27)35)31-22(4)33-38-23(31)5/h6-15,20-21H,16-18H2,1-5H3/t20-,21+. The highest BCUT2D eigenvalue weighted by Crippen LogP contribution is 2.36. The normalized spacial score (nSPS) is 18.0. The van der Waals surface area contributed by atoms with E-state index in [1.807, 2.05) is 38.7 Å². The zero-order valence-corrected chi connectivity index (χ0v) is 22.6. The summed E-state index contributed by atoms with van der Waals surface area (Å²) in [7, 11) is 0. The van der Waals surface area contributed by atoms with Gasteiger partial charge in [-0.3, -0.25) is 4.79 Å². The fraction of sp³-hybridized carbons (Fsp3) is 0.312. The van der Waals surface area contributed by atoms with Crippen LogP contribution >= 0.6 is 0 Å². The van der Waals surface area contributed by atoms with E-state index in [1.54, 1.807) is 0 Å². The fourth-order valence-electron chi connectivity index (χ4n) is 5.86. The van der Waals surface area contributed by atoms with Crippen LogP contribution in [-0.2, 0) is 11.3 Å². The lowest BCUT2D eigenvalue weighted by Crippen LogP contribution is -2.48. The Morgan fingerprint density at radius 2 is 1.63 bits per heavy atom. The smallest absolute Gasteiger partial charge is 0.254 e. The Hall–Kier alpha value is -3.90. The quantitative estimate of drug-likeness (QED) is 0.272. The number of morpholine rings is 1. The number of hydrogen-bond donors (Lipinski definition) is 0. The third-order valence-electron chi connectivity index (χ3n) is 7.60. The molecule has 0 aliphatic carbocycles. The van der Waals surface area contributed by atoms with Gasteiger partial charge in [-0.15, -0.1) is 0 Å². The molecule has 0 bridgehead atoms. The lowest BCUT2D eigenvalue weighted by molar-refractivity contribution is -0.0586. The van der Waals surface area contributed by atoms with E-state index in [-0.39, 0.29) is 18.1 Å². The molecule has 38 heavy (non-hydrogen) atoms. The van der Waals surface area contributed by atoms with Crippen molar-refractivity contribution in [2.45, 2.75) is 53.4 Å². The van der Waals surface area contributed by atoms with Gasteiger partial charge in [0.25, 0.3) is 5.91 Å². The van der Waals surface area contributed by atoms with Crippen molar-refractivity contribution in [3.05, 3.63) is 88.8 Å². The van der Waals surface area contributed by atoms with Crippen molar-refractivity contribution in [2.75, 3.05) is 13.1 Å². The van der Waals surface area contributed by atoms with Crippen LogP contribution in [-0.4, -0.2) is 45.8 Å². The molecule has 0 radical (unpaired) electrons. The number of carbonyl (C=O) groups excluding carboxylic acids is 1. The molecular formula is C32H33N3O3. The minimum atomic E-state index is 0.0330. The second kappa shape index (κ2) is 9.44. The van der Waals surface area contributed by atoms with Gasteiger partial charge in [0.1, 0.15) is 5.76 Å². The summed E-state index contributed by atoms with van der Waals surface area (Å²) in [5, 5.41) is 6.37. The number of aromatic nitrogens is 2. The number of amides is 1. The van der Waals surface area contributed by atoms with Gasteiger partial charge in [-0.05, 0) is 70.0 Å². The summed E-state index contributed by atoms with van der Waals surface area (Å²) in [5.41, 5.74) is 8.40. The maximum atomic E-state index is 13.5. The Bertz CT molecular complexity index is 1630. The Balaban J connectivity index is 1.50. The SMILES string of the molecule is Cc1ccc(Cn2c3ccc(C(=O)N4C[C@@H](C)O[C@@H](C)C4)cc3c3ccc(-c4c(C)noc4C)cc32)cc1. The fourth-order valence-corrected chi connectivity index (χ4v) is 5.86. The average Bonchev–Trinajstić information content (AvgIpc) is 3.39. The van der Waals surface area contributed by atoms with E-state index in [2.05, 4.69) is 71.2 Å². The van der Waals surface area contributed by atoms with Crippen LogP contribution in [0.1, 0.15) is 46.8 Å². The molecule has 2 atom stereocenters. The summed E-state index contributed by atoms with van der Waals surface area (Å²) in [6.45, 7) is 12.0. The number of carbonyl (C=O) groups is 1. The maximum Gasteiger partial charge on any atom is 0.254 e. The van der Waals surface area contributed by atoms with Gasteiger partial charge < -0.3 is 18.7 Å². The van der Waals surface area contributed by atoms with E-state index in [1.165, 1.54) is 11.1 Å². The lowest BCUT2D eigenvalue weighted by atomic mass is 10.0. The number of hydrogen-bond acceptors (Lipinski definition) is 4. The third kappa shape index (κ3) is 4.29. The Kier molecular flexibility index (Phi) is 6.07. The van der Waals surface area contributed by atoms with Gasteiger partial charge in [-0.1, -0.05) is 47.1 Å². The molecule has 3 heterocycles. The highest BCUT2D eigenvalue weighted by atomic mass is 16.5. The van der Waals surface area contributed by atoms with E-state index in [0.717, 1.165) is 50.9 Å². The van der Waals surface area contributed by atoms with Crippen LogP contribution in [0.15, 0.2) is 65.2 Å². The molecule has 0 spiro atoms. The Morgan fingerprint density at radius 3 is 2.32 bits per heavy atom. The molecule has 0 N–H and O–H groups in total. The zero-order chi connectivity index (χ0) is 26.6. The summed E-state index contributed by atoms with van der Waals surface area (Å²) >= 11 is 0. The predicted octanol–water partition coefficient (Wildman–Crippen LogP) is 6.67. The average molecular weight is 508 g/mol. The van der Waals surface area contributed by atoms with Gasteiger partial charge in [0.15, 0.2) is 0 Å². The van der Waals surface area contributed by atoms with Crippen LogP contribution in [0.3, 0.4) is 0 Å². The Morgan fingerprint density at radius 1 is 0.895 bits per heavy atom. The highest BCUT2D eigenvalue weighted by Gasteiger charge is 2.27. The van der Waals surface area contributed by atoms with E-state index >= 15 is 0 Å². The molecule has 0 saturated carbocycles. The minimum Gasteiger partial charge on any atom is -0.372 e. The van der Waals surface area contributed by atoms with Gasteiger partial charge in [0, 0.05) is 47.1 Å². The van der Waals surface area contributed by atoms with Gasteiger partial charge >= 0.3 is 0 Å². The molecule has 0 unspecified atom stereocenters. The van der Waals surface area contributed by atoms with Crippen molar-refractivity contribution in [2.24, 2.45) is 0 Å². The molecule has 1 aliphatic rings. The zero-order valence-electron chi connectivity index (χ0n) is 22.6. The number of benzene rings is 3. The second-order valence-electron chi connectivity index (χ2n) is 10.7. The summed E-state index contributed by atoms with van der Waals surface area (Å²) in [4.78, 5) is 15.4. The predicted molar refractivity (Wildman–Crippen MR) is 151 cm³/mol. The molecule has 6 heteroatoms. The summed E-state index contributed by atoms with van der Waals surface area (Å²) in [5.74, 6) is 0.866. The number of fused-ring (bicyclic) bond motifs is 3. The van der Waals surface area contributed by atoms with Crippen LogP contribution in [0.4, 0.5) is 0 Å². The van der Waals surface area contributed by atoms with Crippen molar-refractivity contribution >= 4 is 27.7 Å². The molecular weight excluding hydrogens is 474 g/mol. The lowest BCUT2D eigenvalue weighted by Gasteiger charge is -2.35.